The number of pyridine rings is 1. The van der Waals surface area contributed by atoms with Crippen LogP contribution in [0.15, 0.2) is 0 Å². The SMILES string of the molecule is Fc1nc(C(F)(F)C(F)(F)C(F)(F)C(F)(F)C(F)(F)C(F)(F)F)c(F)c(F)c1F. The standard InChI is InChI=1S/C11F17N/c12-1-2(13)4(29-5(15)3(1)14)6(16,17)7(18,19)8(20,21)9(22,23)10(24,25)11(26,27)28. The first kappa shape index (κ1) is 25.0. The number of alkyl halides is 13. The fourth-order valence-electron chi connectivity index (χ4n) is 1.61. The predicted molar refractivity (Wildman–Crippen MR) is 53.8 cm³/mol. The average molecular weight is 469 g/mol. The van der Waals surface area contributed by atoms with E-state index < -0.39 is 64.9 Å². The molecule has 0 radical (unpaired) electrons. The van der Waals surface area contributed by atoms with E-state index in [-0.39, 0.29) is 0 Å². The van der Waals surface area contributed by atoms with Gasteiger partial charge in [0.05, 0.1) is 0 Å². The van der Waals surface area contributed by atoms with Crippen LogP contribution >= 0.6 is 0 Å². The van der Waals surface area contributed by atoms with Gasteiger partial charge in [-0.3, -0.25) is 0 Å². The van der Waals surface area contributed by atoms with Crippen molar-refractivity contribution in [3.05, 3.63) is 29.1 Å². The Bertz CT molecular complexity index is 792. The molecular weight excluding hydrogens is 469 g/mol. The first-order chi connectivity index (χ1) is 12.5. The van der Waals surface area contributed by atoms with Crippen LogP contribution in [0, 0.1) is 23.4 Å². The summed E-state index contributed by atoms with van der Waals surface area (Å²) in [6, 6.07) is 0. The van der Waals surface area contributed by atoms with Gasteiger partial charge in [0.25, 0.3) is 5.95 Å². The molecule has 1 aromatic heterocycles. The Labute approximate surface area is 146 Å². The summed E-state index contributed by atoms with van der Waals surface area (Å²) in [4.78, 5) is 1.30. The Morgan fingerprint density at radius 1 is 0.448 bits per heavy atom. The van der Waals surface area contributed by atoms with E-state index in [0.29, 0.717) is 0 Å². The molecular formula is C11F17N. The maximum Gasteiger partial charge on any atom is 0.460 e. The smallest absolute Gasteiger partial charge is 0.212 e. The van der Waals surface area contributed by atoms with Crippen molar-refractivity contribution < 1.29 is 74.6 Å². The molecule has 1 aromatic rings. The Balaban J connectivity index is 3.77. The molecule has 0 bridgehead atoms. The zero-order valence-electron chi connectivity index (χ0n) is 12.4. The molecule has 29 heavy (non-hydrogen) atoms. The van der Waals surface area contributed by atoms with E-state index in [4.69, 9.17) is 0 Å². The second-order valence-electron chi connectivity index (χ2n) is 5.06. The molecule has 0 spiro atoms. The van der Waals surface area contributed by atoms with Crippen molar-refractivity contribution in [2.75, 3.05) is 0 Å². The van der Waals surface area contributed by atoms with Crippen molar-refractivity contribution in [2.24, 2.45) is 0 Å². The van der Waals surface area contributed by atoms with Crippen molar-refractivity contribution in [3.63, 3.8) is 0 Å². The van der Waals surface area contributed by atoms with Gasteiger partial charge >= 0.3 is 35.8 Å². The Hall–Kier alpha value is -2.04. The van der Waals surface area contributed by atoms with E-state index >= 15 is 0 Å². The highest BCUT2D eigenvalue weighted by atomic mass is 19.4. The zero-order valence-corrected chi connectivity index (χ0v) is 12.4. The molecule has 0 N–H and O–H groups in total. The van der Waals surface area contributed by atoms with Crippen LogP contribution in [0.1, 0.15) is 5.69 Å². The minimum atomic E-state index is -8.34. The Morgan fingerprint density at radius 2 is 0.828 bits per heavy atom. The molecule has 0 aliphatic heterocycles. The van der Waals surface area contributed by atoms with E-state index in [2.05, 4.69) is 0 Å². The fourth-order valence-corrected chi connectivity index (χ4v) is 1.61. The van der Waals surface area contributed by atoms with Gasteiger partial charge in [0.2, 0.25) is 11.6 Å². The van der Waals surface area contributed by atoms with E-state index in [1.54, 1.807) is 0 Å². The van der Waals surface area contributed by atoms with Crippen LogP contribution in [0.5, 0.6) is 0 Å². The van der Waals surface area contributed by atoms with Crippen molar-refractivity contribution in [1.29, 1.82) is 0 Å². The summed E-state index contributed by atoms with van der Waals surface area (Å²) in [6.45, 7) is 0. The van der Waals surface area contributed by atoms with Gasteiger partial charge in [0.1, 0.15) is 0 Å². The molecule has 0 aliphatic rings. The molecule has 0 saturated carbocycles. The van der Waals surface area contributed by atoms with Crippen LogP contribution in [0.2, 0.25) is 0 Å². The number of halogens is 17. The lowest BCUT2D eigenvalue weighted by molar-refractivity contribution is -0.442. The van der Waals surface area contributed by atoms with Crippen molar-refractivity contribution in [3.8, 4) is 0 Å². The monoisotopic (exact) mass is 469 g/mol. The lowest BCUT2D eigenvalue weighted by Gasteiger charge is -2.39. The van der Waals surface area contributed by atoms with Crippen LogP contribution in [-0.4, -0.2) is 34.9 Å². The van der Waals surface area contributed by atoms with Gasteiger partial charge in [-0.2, -0.15) is 65.9 Å². The molecule has 0 aliphatic carbocycles. The molecule has 0 amide bonds. The van der Waals surface area contributed by atoms with Gasteiger partial charge in [-0.05, 0) is 0 Å². The van der Waals surface area contributed by atoms with E-state index in [0.717, 1.165) is 0 Å². The quantitative estimate of drug-likeness (QED) is 0.391. The van der Waals surface area contributed by atoms with E-state index in [1.165, 1.54) is 4.98 Å². The van der Waals surface area contributed by atoms with Crippen LogP contribution in [0.4, 0.5) is 74.6 Å². The second kappa shape index (κ2) is 6.48. The first-order valence-corrected chi connectivity index (χ1v) is 6.16. The molecule has 0 fully saturated rings. The summed E-state index contributed by atoms with van der Waals surface area (Å²) in [7, 11) is 0. The van der Waals surface area contributed by atoms with Crippen LogP contribution in [0.25, 0.3) is 0 Å². The topological polar surface area (TPSA) is 12.9 Å². The van der Waals surface area contributed by atoms with Crippen molar-refractivity contribution in [1.82, 2.24) is 4.98 Å². The lowest BCUT2D eigenvalue weighted by Crippen LogP contribution is -2.69. The van der Waals surface area contributed by atoms with Gasteiger partial charge in [-0.25, -0.2) is 13.8 Å². The highest BCUT2D eigenvalue weighted by Crippen LogP contribution is 2.62. The molecule has 168 valence electrons. The highest BCUT2D eigenvalue weighted by molar-refractivity contribution is 5.23. The van der Waals surface area contributed by atoms with Crippen molar-refractivity contribution >= 4 is 0 Å². The summed E-state index contributed by atoms with van der Waals surface area (Å²) in [5.41, 5.74) is -3.82. The molecule has 0 saturated heterocycles. The second-order valence-corrected chi connectivity index (χ2v) is 5.06. The number of aromatic nitrogens is 1. The number of hydrogen-bond donors (Lipinski definition) is 0. The van der Waals surface area contributed by atoms with Gasteiger partial charge in [-0.15, -0.1) is 0 Å². The number of rotatable bonds is 5. The van der Waals surface area contributed by atoms with Gasteiger partial charge in [-0.1, -0.05) is 0 Å². The third-order valence-corrected chi connectivity index (χ3v) is 3.22. The van der Waals surface area contributed by atoms with Crippen molar-refractivity contribution in [2.45, 2.75) is 35.8 Å². The first-order valence-electron chi connectivity index (χ1n) is 6.16. The number of nitrogens with zero attached hydrogens (tertiary/aromatic N) is 1. The minimum absolute atomic E-state index is 1.30. The van der Waals surface area contributed by atoms with Crippen LogP contribution in [-0.2, 0) is 5.92 Å². The van der Waals surface area contributed by atoms with E-state index in [1.807, 2.05) is 0 Å². The molecule has 18 heteroatoms. The van der Waals surface area contributed by atoms with E-state index in [9.17, 15) is 74.6 Å². The summed E-state index contributed by atoms with van der Waals surface area (Å²) in [6.07, 6.45) is -7.68. The maximum absolute atomic E-state index is 13.5. The molecule has 0 unspecified atom stereocenters. The summed E-state index contributed by atoms with van der Waals surface area (Å²) in [5, 5.41) is 0. The molecule has 1 heterocycles. The van der Waals surface area contributed by atoms with Crippen LogP contribution in [0.3, 0.4) is 0 Å². The normalized spacial score (nSPS) is 15.1. The summed E-state index contributed by atoms with van der Waals surface area (Å²) in [5.74, 6) is -53.4. The van der Waals surface area contributed by atoms with Gasteiger partial charge < -0.3 is 0 Å². The number of hydrogen-bond acceptors (Lipinski definition) is 1. The summed E-state index contributed by atoms with van der Waals surface area (Å²) < 4.78 is 218. The Morgan fingerprint density at radius 3 is 1.21 bits per heavy atom. The molecule has 1 nitrogen and oxygen atoms in total. The molecule has 0 atom stereocenters. The highest BCUT2D eigenvalue weighted by Gasteiger charge is 2.91. The van der Waals surface area contributed by atoms with Gasteiger partial charge in [0, 0.05) is 0 Å². The molecule has 0 aromatic carbocycles. The zero-order chi connectivity index (χ0) is 23.6. The average Bonchev–Trinajstić information content (AvgIpc) is 2.54. The Kier molecular flexibility index (Phi) is 5.59. The maximum atomic E-state index is 13.5. The third kappa shape index (κ3) is 3.13. The van der Waals surface area contributed by atoms with Gasteiger partial charge in [0.15, 0.2) is 11.5 Å². The third-order valence-electron chi connectivity index (χ3n) is 3.22. The largest absolute Gasteiger partial charge is 0.460 e. The van der Waals surface area contributed by atoms with Crippen LogP contribution < -0.4 is 0 Å². The predicted octanol–water partition coefficient (Wildman–Crippen LogP) is 5.83. The molecule has 1 rings (SSSR count). The lowest BCUT2D eigenvalue weighted by atomic mass is 9.92. The fraction of sp³-hybridized carbons (Fsp3) is 0.545. The summed E-state index contributed by atoms with van der Waals surface area (Å²) >= 11 is 0. The minimum Gasteiger partial charge on any atom is -0.212 e.